The second-order valence-corrected chi connectivity index (χ2v) is 4.65. The fourth-order valence-corrected chi connectivity index (χ4v) is 1.93. The zero-order valence-corrected chi connectivity index (χ0v) is 12.9. The van der Waals surface area contributed by atoms with Crippen LogP contribution in [-0.4, -0.2) is 25.3 Å². The van der Waals surface area contributed by atoms with Crippen LogP contribution < -0.4 is 4.74 Å². The highest BCUT2D eigenvalue weighted by Crippen LogP contribution is 2.32. The summed E-state index contributed by atoms with van der Waals surface area (Å²) in [5.41, 5.74) is 0.770. The minimum Gasteiger partial charge on any atom is -0.466 e. The van der Waals surface area contributed by atoms with Crippen LogP contribution in [0.15, 0.2) is 24.3 Å². The molecule has 0 bridgehead atoms. The first kappa shape index (κ1) is 17.0. The summed E-state index contributed by atoms with van der Waals surface area (Å²) in [7, 11) is 0. The lowest BCUT2D eigenvalue weighted by atomic mass is 9.88. The molecule has 2 unspecified atom stereocenters. The van der Waals surface area contributed by atoms with Crippen molar-refractivity contribution in [2.75, 3.05) is 13.2 Å². The van der Waals surface area contributed by atoms with Crippen LogP contribution in [0, 0.1) is 5.92 Å². The van der Waals surface area contributed by atoms with Crippen molar-refractivity contribution in [3.05, 3.63) is 29.8 Å². The average molecular weight is 294 g/mol. The minimum atomic E-state index is -0.749. The molecule has 116 valence electrons. The van der Waals surface area contributed by atoms with Crippen LogP contribution in [0.2, 0.25) is 0 Å². The Morgan fingerprint density at radius 3 is 2.29 bits per heavy atom. The second-order valence-electron chi connectivity index (χ2n) is 4.65. The molecule has 0 saturated heterocycles. The molecule has 0 heterocycles. The van der Waals surface area contributed by atoms with Gasteiger partial charge in [-0.2, -0.15) is 0 Å². The molecule has 1 rings (SSSR count). The molecule has 2 atom stereocenters. The maximum absolute atomic E-state index is 11.8. The second kappa shape index (κ2) is 8.29. The SMILES string of the molecule is CCOC(=O)Oc1ccccc1C(C)C(C)C(=O)OCC. The number of carbonyl (C=O) groups is 2. The van der Waals surface area contributed by atoms with Crippen molar-refractivity contribution >= 4 is 12.1 Å². The van der Waals surface area contributed by atoms with Gasteiger partial charge in [0.05, 0.1) is 19.1 Å². The Balaban J connectivity index is 2.91. The lowest BCUT2D eigenvalue weighted by molar-refractivity contribution is -0.148. The van der Waals surface area contributed by atoms with Gasteiger partial charge in [0.25, 0.3) is 0 Å². The summed E-state index contributed by atoms with van der Waals surface area (Å²) in [5.74, 6) is -0.345. The van der Waals surface area contributed by atoms with E-state index in [1.807, 2.05) is 19.1 Å². The first-order valence-corrected chi connectivity index (χ1v) is 7.11. The van der Waals surface area contributed by atoms with Gasteiger partial charge in [0, 0.05) is 0 Å². The molecule has 0 N–H and O–H groups in total. The molecular formula is C16H22O5. The van der Waals surface area contributed by atoms with E-state index in [0.29, 0.717) is 12.4 Å². The van der Waals surface area contributed by atoms with Crippen molar-refractivity contribution in [2.45, 2.75) is 33.6 Å². The van der Waals surface area contributed by atoms with E-state index < -0.39 is 6.16 Å². The Hall–Kier alpha value is -2.04. The Kier molecular flexibility index (Phi) is 6.72. The van der Waals surface area contributed by atoms with Gasteiger partial charge in [0.1, 0.15) is 5.75 Å². The maximum atomic E-state index is 11.8. The monoisotopic (exact) mass is 294 g/mol. The van der Waals surface area contributed by atoms with Gasteiger partial charge < -0.3 is 14.2 Å². The number of carbonyl (C=O) groups excluding carboxylic acids is 2. The van der Waals surface area contributed by atoms with E-state index in [1.54, 1.807) is 32.9 Å². The molecular weight excluding hydrogens is 272 g/mol. The van der Waals surface area contributed by atoms with Crippen LogP contribution in [0.5, 0.6) is 5.75 Å². The molecule has 0 saturated carbocycles. The lowest BCUT2D eigenvalue weighted by Crippen LogP contribution is -2.21. The standard InChI is InChI=1S/C16H22O5/c1-5-19-15(17)12(4)11(3)13-9-7-8-10-14(13)21-16(18)20-6-2/h7-12H,5-6H2,1-4H3. The average Bonchev–Trinajstić information content (AvgIpc) is 2.46. The van der Waals surface area contributed by atoms with E-state index in [1.165, 1.54) is 0 Å². The summed E-state index contributed by atoms with van der Waals surface area (Å²) in [6, 6.07) is 7.11. The van der Waals surface area contributed by atoms with E-state index in [0.717, 1.165) is 5.56 Å². The van der Waals surface area contributed by atoms with Gasteiger partial charge in [-0.3, -0.25) is 4.79 Å². The number of para-hydroxylation sites is 1. The molecule has 0 radical (unpaired) electrons. The summed E-state index contributed by atoms with van der Waals surface area (Å²) in [6.07, 6.45) is -0.749. The third kappa shape index (κ3) is 4.77. The van der Waals surface area contributed by atoms with Crippen LogP contribution in [0.1, 0.15) is 39.2 Å². The number of rotatable bonds is 6. The zero-order chi connectivity index (χ0) is 15.8. The highest BCUT2D eigenvalue weighted by atomic mass is 16.7. The van der Waals surface area contributed by atoms with E-state index in [-0.39, 0.29) is 24.4 Å². The zero-order valence-electron chi connectivity index (χ0n) is 12.9. The molecule has 0 amide bonds. The largest absolute Gasteiger partial charge is 0.513 e. The van der Waals surface area contributed by atoms with Gasteiger partial charge >= 0.3 is 12.1 Å². The van der Waals surface area contributed by atoms with Crippen LogP contribution >= 0.6 is 0 Å². The molecule has 0 aliphatic carbocycles. The molecule has 1 aromatic carbocycles. The predicted octanol–water partition coefficient (Wildman–Crippen LogP) is 3.52. The van der Waals surface area contributed by atoms with Crippen LogP contribution in [0.3, 0.4) is 0 Å². The Labute approximate surface area is 125 Å². The molecule has 0 fully saturated rings. The van der Waals surface area contributed by atoms with Crippen molar-refractivity contribution < 1.29 is 23.8 Å². The van der Waals surface area contributed by atoms with Crippen molar-refractivity contribution in [3.63, 3.8) is 0 Å². The summed E-state index contributed by atoms with van der Waals surface area (Å²) in [6.45, 7) is 7.76. The third-order valence-corrected chi connectivity index (χ3v) is 3.27. The van der Waals surface area contributed by atoms with E-state index in [9.17, 15) is 9.59 Å². The molecule has 0 spiro atoms. The molecule has 1 aromatic rings. The maximum Gasteiger partial charge on any atom is 0.513 e. The van der Waals surface area contributed by atoms with Gasteiger partial charge in [-0.25, -0.2) is 4.79 Å². The lowest BCUT2D eigenvalue weighted by Gasteiger charge is -2.20. The van der Waals surface area contributed by atoms with Crippen LogP contribution in [0.4, 0.5) is 4.79 Å². The number of hydrogen-bond donors (Lipinski definition) is 0. The highest BCUT2D eigenvalue weighted by molar-refractivity contribution is 5.73. The molecule has 0 aliphatic rings. The molecule has 21 heavy (non-hydrogen) atoms. The first-order valence-electron chi connectivity index (χ1n) is 7.11. The van der Waals surface area contributed by atoms with Crippen LogP contribution in [0.25, 0.3) is 0 Å². The third-order valence-electron chi connectivity index (χ3n) is 3.27. The van der Waals surface area contributed by atoms with E-state index in [4.69, 9.17) is 14.2 Å². The topological polar surface area (TPSA) is 61.8 Å². The number of ether oxygens (including phenoxy) is 3. The fraction of sp³-hybridized carbons (Fsp3) is 0.500. The fourth-order valence-electron chi connectivity index (χ4n) is 1.93. The van der Waals surface area contributed by atoms with Crippen molar-refractivity contribution in [1.82, 2.24) is 0 Å². The van der Waals surface area contributed by atoms with Gasteiger partial charge in [-0.15, -0.1) is 0 Å². The summed E-state index contributed by atoms with van der Waals surface area (Å²) in [5, 5.41) is 0. The van der Waals surface area contributed by atoms with E-state index >= 15 is 0 Å². The number of hydrogen-bond acceptors (Lipinski definition) is 5. The first-order chi connectivity index (χ1) is 10.0. The normalized spacial score (nSPS) is 13.1. The molecule has 5 heteroatoms. The molecule has 5 nitrogen and oxygen atoms in total. The van der Waals surface area contributed by atoms with E-state index in [2.05, 4.69) is 0 Å². The summed E-state index contributed by atoms with van der Waals surface area (Å²) < 4.78 is 15.0. The Bertz CT molecular complexity index is 483. The number of benzene rings is 1. The summed E-state index contributed by atoms with van der Waals surface area (Å²) in [4.78, 5) is 23.3. The Morgan fingerprint density at radius 1 is 1.05 bits per heavy atom. The van der Waals surface area contributed by atoms with Crippen LogP contribution in [-0.2, 0) is 14.3 Å². The minimum absolute atomic E-state index is 0.144. The Morgan fingerprint density at radius 2 is 1.67 bits per heavy atom. The highest BCUT2D eigenvalue weighted by Gasteiger charge is 2.25. The predicted molar refractivity (Wildman–Crippen MR) is 78.3 cm³/mol. The summed E-state index contributed by atoms with van der Waals surface area (Å²) >= 11 is 0. The van der Waals surface area contributed by atoms with Crippen molar-refractivity contribution in [2.24, 2.45) is 5.92 Å². The van der Waals surface area contributed by atoms with Gasteiger partial charge in [-0.1, -0.05) is 32.0 Å². The van der Waals surface area contributed by atoms with Crippen molar-refractivity contribution in [3.8, 4) is 5.75 Å². The van der Waals surface area contributed by atoms with Crippen molar-refractivity contribution in [1.29, 1.82) is 0 Å². The molecule has 0 aliphatic heterocycles. The number of esters is 1. The smallest absolute Gasteiger partial charge is 0.466 e. The van der Waals surface area contributed by atoms with Gasteiger partial charge in [0.15, 0.2) is 0 Å². The molecule has 0 aromatic heterocycles. The van der Waals surface area contributed by atoms with Gasteiger partial charge in [0.2, 0.25) is 0 Å². The quantitative estimate of drug-likeness (QED) is 0.593. The van der Waals surface area contributed by atoms with Gasteiger partial charge in [-0.05, 0) is 31.4 Å².